The molecule has 2 saturated heterocycles. The van der Waals surface area contributed by atoms with Crippen LogP contribution in [0.25, 0.3) is 0 Å². The normalized spacial score (nSPS) is 48.4. The van der Waals surface area contributed by atoms with E-state index < -0.39 is 0 Å². The number of hydrogen-bond donors (Lipinski definition) is 1. The molecule has 0 aromatic heterocycles. The number of nitrogens with zero attached hydrogens (tertiary/aromatic N) is 1. The van der Waals surface area contributed by atoms with Gasteiger partial charge in [-0.25, -0.2) is 0 Å². The highest BCUT2D eigenvalue weighted by atomic mass is 16.5. The van der Waals surface area contributed by atoms with Crippen LogP contribution in [-0.4, -0.2) is 48.8 Å². The summed E-state index contributed by atoms with van der Waals surface area (Å²) in [5.74, 6) is -0.00543. The molecule has 2 bridgehead atoms. The first kappa shape index (κ1) is 16.4. The van der Waals surface area contributed by atoms with Crippen molar-refractivity contribution in [3.63, 3.8) is 0 Å². The van der Waals surface area contributed by atoms with Crippen molar-refractivity contribution < 1.29 is 14.0 Å². The Bertz CT molecular complexity index is 839. The van der Waals surface area contributed by atoms with Gasteiger partial charge in [-0.2, -0.15) is 0 Å². The summed E-state index contributed by atoms with van der Waals surface area (Å²) in [4.78, 5) is 13.1. The second kappa shape index (κ2) is 4.89. The Balaban J connectivity index is 1.66. The van der Waals surface area contributed by atoms with Crippen molar-refractivity contribution in [2.24, 2.45) is 11.3 Å². The second-order valence-corrected chi connectivity index (χ2v) is 9.99. The number of methoxy groups -OCH3 is 1. The van der Waals surface area contributed by atoms with Gasteiger partial charge < -0.3 is 14.5 Å². The number of hydrogen-bond acceptors (Lipinski definition) is 3. The van der Waals surface area contributed by atoms with Crippen molar-refractivity contribution in [1.82, 2.24) is 0 Å². The summed E-state index contributed by atoms with van der Waals surface area (Å²) in [7, 11) is 1.58. The summed E-state index contributed by atoms with van der Waals surface area (Å²) in [6, 6.07) is 9.62. The third-order valence-corrected chi connectivity index (χ3v) is 9.72. The van der Waals surface area contributed by atoms with Crippen molar-refractivity contribution in [3.8, 4) is 0 Å². The summed E-state index contributed by atoms with van der Waals surface area (Å²) in [5, 5.41) is 3.98. The van der Waals surface area contributed by atoms with E-state index in [0.29, 0.717) is 11.5 Å². The number of likely N-dealkylation sites (N-methyl/N-ethyl adjacent to an activating group) is 1. The highest BCUT2D eigenvalue weighted by molar-refractivity contribution is 5.80. The van der Waals surface area contributed by atoms with Crippen LogP contribution in [0.4, 0.5) is 5.69 Å². The largest absolute Gasteiger partial charge is 0.469 e. The monoisotopic (exact) mass is 367 g/mol. The molecule has 144 valence electrons. The van der Waals surface area contributed by atoms with Gasteiger partial charge in [-0.3, -0.25) is 4.79 Å². The molecule has 4 nitrogen and oxygen atoms in total. The molecule has 3 heterocycles. The maximum Gasteiger partial charge on any atom is 0.311 e. The Labute approximate surface area is 161 Å². The molecule has 3 saturated carbocycles. The van der Waals surface area contributed by atoms with E-state index in [2.05, 4.69) is 36.5 Å². The number of quaternary nitrogens is 1. The van der Waals surface area contributed by atoms with E-state index in [1.807, 2.05) is 0 Å². The average Bonchev–Trinajstić information content (AvgIpc) is 3.23. The number of fused-ring (bicyclic) bond motifs is 3. The molecule has 7 rings (SSSR count). The van der Waals surface area contributed by atoms with Gasteiger partial charge in [0.1, 0.15) is 6.04 Å². The zero-order valence-corrected chi connectivity index (χ0v) is 16.6. The molecule has 5 fully saturated rings. The molecule has 6 aliphatic rings. The maximum absolute atomic E-state index is 13.1. The number of nitrogens with one attached hydrogen (secondary N) is 1. The van der Waals surface area contributed by atoms with Crippen LogP contribution in [0.3, 0.4) is 0 Å². The standard InChI is InChI=1S/C23H31N2O2/c1-3-25-13-6-9-21-10-11-23(17(15-21)19(26)27-2)22(12-14-25,20(21)25)16-7-4-5-8-18(16)24-23/h4-5,7-8,17,20,24H,3,6,9-15H2,1-2H3/q+1/t17?,20-,21?,22?,23?,25?/m0/s1. The summed E-state index contributed by atoms with van der Waals surface area (Å²) in [6.07, 6.45) is 7.23. The predicted molar refractivity (Wildman–Crippen MR) is 104 cm³/mol. The molecule has 3 aliphatic heterocycles. The minimum atomic E-state index is -0.150. The van der Waals surface area contributed by atoms with Crippen LogP contribution in [0, 0.1) is 11.3 Å². The van der Waals surface area contributed by atoms with Crippen molar-refractivity contribution in [2.45, 2.75) is 62.4 Å². The van der Waals surface area contributed by atoms with Gasteiger partial charge in [0.05, 0.1) is 43.6 Å². The molecule has 1 aromatic carbocycles. The quantitative estimate of drug-likeness (QED) is 0.643. The van der Waals surface area contributed by atoms with E-state index >= 15 is 0 Å². The van der Waals surface area contributed by atoms with Gasteiger partial charge in [-0.15, -0.1) is 0 Å². The van der Waals surface area contributed by atoms with Crippen molar-refractivity contribution in [3.05, 3.63) is 29.8 Å². The number of carbonyl (C=O) groups is 1. The van der Waals surface area contributed by atoms with Crippen LogP contribution in [0.15, 0.2) is 24.3 Å². The summed E-state index contributed by atoms with van der Waals surface area (Å²) in [5.41, 5.74) is 3.04. The molecule has 3 spiro atoms. The van der Waals surface area contributed by atoms with Gasteiger partial charge in [0.15, 0.2) is 0 Å². The minimum absolute atomic E-state index is 0.0132. The lowest BCUT2D eigenvalue weighted by molar-refractivity contribution is -0.955. The maximum atomic E-state index is 13.1. The zero-order valence-electron chi connectivity index (χ0n) is 16.6. The van der Waals surface area contributed by atoms with Gasteiger partial charge in [-0.1, -0.05) is 18.2 Å². The number of piperidine rings is 1. The molecule has 0 amide bonds. The predicted octanol–water partition coefficient (Wildman–Crippen LogP) is 3.46. The summed E-state index contributed by atoms with van der Waals surface area (Å²) < 4.78 is 6.67. The van der Waals surface area contributed by atoms with Gasteiger partial charge >= 0.3 is 5.97 Å². The van der Waals surface area contributed by atoms with Gasteiger partial charge in [-0.05, 0) is 50.7 Å². The van der Waals surface area contributed by atoms with E-state index in [-0.39, 0.29) is 22.8 Å². The molecular weight excluding hydrogens is 336 g/mol. The molecule has 0 radical (unpaired) electrons. The average molecular weight is 368 g/mol. The third kappa shape index (κ3) is 1.54. The van der Waals surface area contributed by atoms with Crippen LogP contribution in [0.1, 0.15) is 51.0 Å². The highest BCUT2D eigenvalue weighted by Crippen LogP contribution is 2.75. The molecule has 6 atom stereocenters. The number of carbonyl (C=O) groups excluding carboxylic acids is 1. The number of benzene rings is 1. The molecule has 27 heavy (non-hydrogen) atoms. The van der Waals surface area contributed by atoms with Crippen LogP contribution in [0.2, 0.25) is 0 Å². The second-order valence-electron chi connectivity index (χ2n) is 9.99. The number of anilines is 1. The Kier molecular flexibility index (Phi) is 2.97. The highest BCUT2D eigenvalue weighted by Gasteiger charge is 2.83. The molecule has 4 heteroatoms. The molecular formula is C23H31N2O2+. The Morgan fingerprint density at radius 1 is 1.22 bits per heavy atom. The Hall–Kier alpha value is -1.55. The molecule has 1 aromatic rings. The summed E-state index contributed by atoms with van der Waals surface area (Å²) >= 11 is 0. The van der Waals surface area contributed by atoms with E-state index in [4.69, 9.17) is 4.74 Å². The third-order valence-electron chi connectivity index (χ3n) is 9.72. The topological polar surface area (TPSA) is 38.3 Å². The van der Waals surface area contributed by atoms with Gasteiger partial charge in [0, 0.05) is 17.5 Å². The van der Waals surface area contributed by atoms with Gasteiger partial charge in [0.2, 0.25) is 0 Å². The van der Waals surface area contributed by atoms with Crippen molar-refractivity contribution >= 4 is 11.7 Å². The zero-order chi connectivity index (χ0) is 18.5. The van der Waals surface area contributed by atoms with E-state index in [9.17, 15) is 4.79 Å². The van der Waals surface area contributed by atoms with E-state index in [1.165, 1.54) is 61.1 Å². The van der Waals surface area contributed by atoms with Crippen LogP contribution >= 0.6 is 0 Å². The molecule has 1 N–H and O–H groups in total. The first-order valence-corrected chi connectivity index (χ1v) is 10.9. The lowest BCUT2D eigenvalue weighted by Gasteiger charge is -2.69. The first-order valence-electron chi connectivity index (χ1n) is 10.9. The Morgan fingerprint density at radius 2 is 2.07 bits per heavy atom. The van der Waals surface area contributed by atoms with Crippen LogP contribution < -0.4 is 5.32 Å². The van der Waals surface area contributed by atoms with Crippen LogP contribution in [0.5, 0.6) is 0 Å². The fourth-order valence-corrected chi connectivity index (χ4v) is 9.07. The number of esters is 1. The fraction of sp³-hybridized carbons (Fsp3) is 0.696. The molecule has 3 aliphatic carbocycles. The number of para-hydroxylation sites is 1. The minimum Gasteiger partial charge on any atom is -0.469 e. The Morgan fingerprint density at radius 3 is 2.89 bits per heavy atom. The number of rotatable bonds is 2. The lowest BCUT2D eigenvalue weighted by atomic mass is 9.38. The van der Waals surface area contributed by atoms with Crippen molar-refractivity contribution in [2.75, 3.05) is 32.1 Å². The van der Waals surface area contributed by atoms with Crippen molar-refractivity contribution in [1.29, 1.82) is 0 Å². The van der Waals surface area contributed by atoms with E-state index in [1.54, 1.807) is 7.11 Å². The van der Waals surface area contributed by atoms with Gasteiger partial charge in [0.25, 0.3) is 0 Å². The number of ether oxygens (including phenoxy) is 1. The fourth-order valence-electron chi connectivity index (χ4n) is 9.07. The molecule has 5 unspecified atom stereocenters. The SMILES string of the molecule is CC[N+]12CCCC34CCC5(Nc6ccccc6C5(CC1)[C@H]32)C(C(=O)OC)C4. The lowest BCUT2D eigenvalue weighted by Crippen LogP contribution is -2.80. The first-order chi connectivity index (χ1) is 13.1. The smallest absolute Gasteiger partial charge is 0.311 e. The summed E-state index contributed by atoms with van der Waals surface area (Å²) in [6.45, 7) is 6.23. The van der Waals surface area contributed by atoms with Crippen LogP contribution in [-0.2, 0) is 14.9 Å². The van der Waals surface area contributed by atoms with E-state index in [0.717, 1.165) is 12.8 Å².